The van der Waals surface area contributed by atoms with Crippen molar-refractivity contribution >= 4 is 11.9 Å². The van der Waals surface area contributed by atoms with E-state index in [1.807, 2.05) is 26.0 Å². The summed E-state index contributed by atoms with van der Waals surface area (Å²) in [5.74, 6) is 1.12. The number of amides is 1. The maximum Gasteiger partial charge on any atom is 0.405 e. The Morgan fingerprint density at radius 2 is 1.92 bits per heavy atom. The molecule has 1 amide bonds. The molecule has 2 fully saturated rings. The maximum absolute atomic E-state index is 11.2. The number of rotatable bonds is 5. The number of nitrogens with two attached hydrogens (primary N) is 1. The van der Waals surface area contributed by atoms with Gasteiger partial charge in [-0.2, -0.15) is 0 Å². The van der Waals surface area contributed by atoms with E-state index in [0.29, 0.717) is 0 Å². The molecule has 1 saturated carbocycles. The minimum Gasteiger partial charge on any atom is -0.441 e. The summed E-state index contributed by atoms with van der Waals surface area (Å²) in [6.07, 6.45) is 6.20. The van der Waals surface area contributed by atoms with E-state index < -0.39 is 6.09 Å². The van der Waals surface area contributed by atoms with Crippen LogP contribution < -0.4 is 10.6 Å². The van der Waals surface area contributed by atoms with Crippen LogP contribution in [0.2, 0.25) is 0 Å². The lowest BCUT2D eigenvalue weighted by Crippen LogP contribution is -2.50. The van der Waals surface area contributed by atoms with Crippen LogP contribution in [0.1, 0.15) is 51.2 Å². The molecule has 2 N–H and O–H groups in total. The van der Waals surface area contributed by atoms with Gasteiger partial charge in [0.05, 0.1) is 0 Å². The summed E-state index contributed by atoms with van der Waals surface area (Å²) in [4.78, 5) is 20.7. The molecule has 1 saturated heterocycles. The number of aromatic nitrogens is 1. The lowest BCUT2D eigenvalue weighted by atomic mass is 9.99. The fourth-order valence-corrected chi connectivity index (χ4v) is 4.08. The Balaban J connectivity index is 1.66. The maximum atomic E-state index is 11.2. The van der Waals surface area contributed by atoms with Crippen LogP contribution in [0.15, 0.2) is 18.3 Å². The molecule has 6 nitrogen and oxygen atoms in total. The zero-order valence-electron chi connectivity index (χ0n) is 15.4. The van der Waals surface area contributed by atoms with Gasteiger partial charge in [-0.3, -0.25) is 4.90 Å². The third kappa shape index (κ3) is 4.42. The van der Waals surface area contributed by atoms with Crippen molar-refractivity contribution in [3.8, 4) is 0 Å². The molecular formula is C19H30N4O2. The Bertz CT molecular complexity index is 579. The number of carbonyl (C=O) groups is 1. The van der Waals surface area contributed by atoms with Crippen LogP contribution in [0.3, 0.4) is 0 Å². The summed E-state index contributed by atoms with van der Waals surface area (Å²) >= 11 is 0. The van der Waals surface area contributed by atoms with Crippen molar-refractivity contribution in [2.75, 3.05) is 31.1 Å². The van der Waals surface area contributed by atoms with Crippen molar-refractivity contribution in [1.29, 1.82) is 0 Å². The zero-order valence-corrected chi connectivity index (χ0v) is 15.4. The van der Waals surface area contributed by atoms with Crippen molar-refractivity contribution in [2.24, 2.45) is 11.7 Å². The highest BCUT2D eigenvalue weighted by atomic mass is 16.6. The summed E-state index contributed by atoms with van der Waals surface area (Å²) < 4.78 is 5.31. The molecular weight excluding hydrogens is 316 g/mol. The SMILES string of the molecule is CC(C)C(OC(N)=O)c1ccnc(N2CCN(C3CCCC3)CC2)c1. The first-order valence-electron chi connectivity index (χ1n) is 9.45. The Labute approximate surface area is 150 Å². The smallest absolute Gasteiger partial charge is 0.405 e. The number of anilines is 1. The van der Waals surface area contributed by atoms with E-state index in [0.717, 1.165) is 43.6 Å². The number of nitrogens with zero attached hydrogens (tertiary/aromatic N) is 3. The number of ether oxygens (including phenoxy) is 1. The van der Waals surface area contributed by atoms with Crippen LogP contribution in [-0.2, 0) is 4.74 Å². The van der Waals surface area contributed by atoms with Gasteiger partial charge in [-0.05, 0) is 36.5 Å². The van der Waals surface area contributed by atoms with Crippen molar-refractivity contribution in [3.63, 3.8) is 0 Å². The van der Waals surface area contributed by atoms with E-state index in [1.54, 1.807) is 6.20 Å². The molecule has 1 aromatic heterocycles. The van der Waals surface area contributed by atoms with Gasteiger partial charge in [0.1, 0.15) is 11.9 Å². The number of hydrogen-bond acceptors (Lipinski definition) is 5. The molecule has 1 aromatic rings. The first kappa shape index (κ1) is 18.0. The predicted molar refractivity (Wildman–Crippen MR) is 98.5 cm³/mol. The van der Waals surface area contributed by atoms with Crippen LogP contribution in [0.5, 0.6) is 0 Å². The normalized spacial score (nSPS) is 20.8. The molecule has 6 heteroatoms. The summed E-state index contributed by atoms with van der Waals surface area (Å²) in [5.41, 5.74) is 6.19. The zero-order chi connectivity index (χ0) is 17.8. The van der Waals surface area contributed by atoms with Crippen molar-refractivity contribution in [3.05, 3.63) is 23.9 Å². The van der Waals surface area contributed by atoms with Gasteiger partial charge in [0.15, 0.2) is 0 Å². The van der Waals surface area contributed by atoms with Gasteiger partial charge in [-0.15, -0.1) is 0 Å². The summed E-state index contributed by atoms with van der Waals surface area (Å²) in [6.45, 7) is 8.23. The summed E-state index contributed by atoms with van der Waals surface area (Å²) in [7, 11) is 0. The standard InChI is InChI=1S/C19H30N4O2/c1-14(2)18(25-19(20)24)15-7-8-21-17(13-15)23-11-9-22(10-12-23)16-5-3-4-6-16/h7-8,13-14,16,18H,3-6,9-12H2,1-2H3,(H2,20,24). The molecule has 1 atom stereocenters. The van der Waals surface area contributed by atoms with Gasteiger partial charge >= 0.3 is 6.09 Å². The van der Waals surface area contributed by atoms with E-state index in [-0.39, 0.29) is 12.0 Å². The lowest BCUT2D eigenvalue weighted by Gasteiger charge is -2.38. The molecule has 2 aliphatic rings. The number of pyridine rings is 1. The van der Waals surface area contributed by atoms with E-state index in [4.69, 9.17) is 10.5 Å². The number of piperazine rings is 1. The number of primary amides is 1. The van der Waals surface area contributed by atoms with Crippen LogP contribution in [0.4, 0.5) is 10.6 Å². The fourth-order valence-electron chi connectivity index (χ4n) is 4.08. The topological polar surface area (TPSA) is 71.7 Å². The molecule has 0 spiro atoms. The van der Waals surface area contributed by atoms with Gasteiger partial charge in [0.25, 0.3) is 0 Å². The largest absolute Gasteiger partial charge is 0.441 e. The minimum absolute atomic E-state index is 0.155. The minimum atomic E-state index is -0.734. The predicted octanol–water partition coefficient (Wildman–Crippen LogP) is 2.94. The van der Waals surface area contributed by atoms with Gasteiger partial charge in [0.2, 0.25) is 0 Å². The van der Waals surface area contributed by atoms with Gasteiger partial charge in [0, 0.05) is 38.4 Å². The van der Waals surface area contributed by atoms with Crippen LogP contribution >= 0.6 is 0 Å². The summed E-state index contributed by atoms with van der Waals surface area (Å²) in [6, 6.07) is 4.74. The third-order valence-corrected chi connectivity index (χ3v) is 5.43. The van der Waals surface area contributed by atoms with Crippen LogP contribution in [-0.4, -0.2) is 48.2 Å². The first-order chi connectivity index (χ1) is 12.0. The van der Waals surface area contributed by atoms with Crippen LogP contribution in [0.25, 0.3) is 0 Å². The molecule has 3 rings (SSSR count). The Hall–Kier alpha value is -1.82. The van der Waals surface area contributed by atoms with Crippen molar-refractivity contribution in [2.45, 2.75) is 51.7 Å². The average molecular weight is 346 g/mol. The second-order valence-electron chi connectivity index (χ2n) is 7.51. The molecule has 25 heavy (non-hydrogen) atoms. The molecule has 0 bridgehead atoms. The van der Waals surface area contributed by atoms with Gasteiger partial charge in [-0.1, -0.05) is 26.7 Å². The highest BCUT2D eigenvalue weighted by Crippen LogP contribution is 2.29. The number of carbonyl (C=O) groups excluding carboxylic acids is 1. The fraction of sp³-hybridized carbons (Fsp3) is 0.684. The highest BCUT2D eigenvalue weighted by molar-refractivity contribution is 5.65. The molecule has 138 valence electrons. The second kappa shape index (κ2) is 8.04. The molecule has 1 aliphatic carbocycles. The van der Waals surface area contributed by atoms with E-state index >= 15 is 0 Å². The molecule has 2 heterocycles. The second-order valence-corrected chi connectivity index (χ2v) is 7.51. The third-order valence-electron chi connectivity index (χ3n) is 5.43. The van der Waals surface area contributed by atoms with Crippen molar-refractivity contribution < 1.29 is 9.53 Å². The van der Waals surface area contributed by atoms with Crippen molar-refractivity contribution in [1.82, 2.24) is 9.88 Å². The van der Waals surface area contributed by atoms with E-state index in [2.05, 4.69) is 14.8 Å². The monoisotopic (exact) mass is 346 g/mol. The highest BCUT2D eigenvalue weighted by Gasteiger charge is 2.27. The summed E-state index contributed by atoms with van der Waals surface area (Å²) in [5, 5.41) is 0. The number of hydrogen-bond donors (Lipinski definition) is 1. The van der Waals surface area contributed by atoms with Crippen LogP contribution in [0, 0.1) is 5.92 Å². The Morgan fingerprint density at radius 3 is 2.52 bits per heavy atom. The Kier molecular flexibility index (Phi) is 5.78. The first-order valence-corrected chi connectivity index (χ1v) is 9.45. The lowest BCUT2D eigenvalue weighted by molar-refractivity contribution is 0.0783. The van der Waals surface area contributed by atoms with Gasteiger partial charge < -0.3 is 15.4 Å². The van der Waals surface area contributed by atoms with Gasteiger partial charge in [-0.25, -0.2) is 9.78 Å². The molecule has 0 radical (unpaired) electrons. The molecule has 1 aliphatic heterocycles. The average Bonchev–Trinajstić information content (AvgIpc) is 3.14. The quantitative estimate of drug-likeness (QED) is 0.887. The molecule has 0 aromatic carbocycles. The van der Waals surface area contributed by atoms with E-state index in [1.165, 1.54) is 25.7 Å². The Morgan fingerprint density at radius 1 is 1.24 bits per heavy atom. The van der Waals surface area contributed by atoms with E-state index in [9.17, 15) is 4.79 Å². The molecule has 1 unspecified atom stereocenters.